The Balaban J connectivity index is 3.55. The number of nitrogens with zero attached hydrogens (tertiary/aromatic N) is 2. The molecule has 5 nitrogen and oxygen atoms in total. The van der Waals surface area contributed by atoms with Gasteiger partial charge in [0.15, 0.2) is 5.96 Å². The smallest absolute Gasteiger partial charge is 0.191 e. The zero-order chi connectivity index (χ0) is 15.8. The van der Waals surface area contributed by atoms with E-state index in [2.05, 4.69) is 41.5 Å². The Hall–Kier alpha value is -0.810. The number of nitrogens with one attached hydrogen (secondary N) is 2. The fourth-order valence-electron chi connectivity index (χ4n) is 2.03. The molecule has 5 heteroatoms. The van der Waals surface area contributed by atoms with E-state index in [4.69, 9.17) is 4.74 Å². The van der Waals surface area contributed by atoms with Gasteiger partial charge in [0.05, 0.1) is 0 Å². The van der Waals surface area contributed by atoms with E-state index < -0.39 is 0 Å². The Labute approximate surface area is 131 Å². The third-order valence-corrected chi connectivity index (χ3v) is 3.20. The number of aliphatic imine (C=N–C) groups is 1. The maximum atomic E-state index is 5.03. The summed E-state index contributed by atoms with van der Waals surface area (Å²) in [7, 11) is 6.00. The van der Waals surface area contributed by atoms with Crippen molar-refractivity contribution in [3.8, 4) is 0 Å². The number of hydrogen-bond acceptors (Lipinski definition) is 3. The number of hydrogen-bond donors (Lipinski definition) is 2. The van der Waals surface area contributed by atoms with E-state index in [1.54, 1.807) is 7.11 Å². The molecule has 0 saturated carbocycles. The molecule has 0 amide bonds. The molecule has 0 aromatic carbocycles. The predicted molar refractivity (Wildman–Crippen MR) is 92.1 cm³/mol. The Morgan fingerprint density at radius 1 is 1.00 bits per heavy atom. The van der Waals surface area contributed by atoms with Crippen molar-refractivity contribution in [1.82, 2.24) is 15.5 Å². The Morgan fingerprint density at radius 2 is 1.71 bits per heavy atom. The maximum absolute atomic E-state index is 5.03. The van der Waals surface area contributed by atoms with E-state index in [1.165, 1.54) is 38.6 Å². The molecule has 0 unspecified atom stereocenters. The first kappa shape index (κ1) is 20.2. The van der Waals surface area contributed by atoms with E-state index in [0.29, 0.717) is 0 Å². The van der Waals surface area contributed by atoms with Crippen LogP contribution in [-0.4, -0.2) is 64.9 Å². The fourth-order valence-corrected chi connectivity index (χ4v) is 2.03. The van der Waals surface area contributed by atoms with E-state index >= 15 is 0 Å². The Bertz CT molecular complexity index is 244. The van der Waals surface area contributed by atoms with Crippen LogP contribution in [0.4, 0.5) is 0 Å². The van der Waals surface area contributed by atoms with Gasteiger partial charge in [0, 0.05) is 33.4 Å². The third kappa shape index (κ3) is 15.4. The third-order valence-electron chi connectivity index (χ3n) is 3.20. The second-order valence-electron chi connectivity index (χ2n) is 5.60. The lowest BCUT2D eigenvalue weighted by Gasteiger charge is -2.11. The van der Waals surface area contributed by atoms with Gasteiger partial charge in [0.25, 0.3) is 0 Å². The van der Waals surface area contributed by atoms with Gasteiger partial charge in [0.1, 0.15) is 0 Å². The van der Waals surface area contributed by atoms with Crippen LogP contribution in [0.15, 0.2) is 4.99 Å². The van der Waals surface area contributed by atoms with Gasteiger partial charge in [0.2, 0.25) is 0 Å². The van der Waals surface area contributed by atoms with Gasteiger partial charge in [-0.05, 0) is 46.8 Å². The summed E-state index contributed by atoms with van der Waals surface area (Å²) < 4.78 is 5.03. The number of methoxy groups -OCH3 is 1. The molecule has 126 valence electrons. The molecule has 0 aliphatic rings. The molecule has 21 heavy (non-hydrogen) atoms. The highest BCUT2D eigenvalue weighted by Crippen LogP contribution is 2.02. The topological polar surface area (TPSA) is 48.9 Å². The summed E-state index contributed by atoms with van der Waals surface area (Å²) in [5.41, 5.74) is 0. The van der Waals surface area contributed by atoms with Gasteiger partial charge in [-0.25, -0.2) is 0 Å². The summed E-state index contributed by atoms with van der Waals surface area (Å²) in [6.07, 6.45) is 7.46. The quantitative estimate of drug-likeness (QED) is 0.311. The average molecular weight is 300 g/mol. The molecule has 0 aromatic rings. The molecule has 0 bridgehead atoms. The minimum atomic E-state index is 0.774. The SMILES string of the molecule is CCNC(=NCCCOC)NCCCCCCCN(C)C. The molecular weight excluding hydrogens is 264 g/mol. The van der Waals surface area contributed by atoms with E-state index in [0.717, 1.165) is 38.6 Å². The second-order valence-corrected chi connectivity index (χ2v) is 5.60. The van der Waals surface area contributed by atoms with Gasteiger partial charge in [-0.1, -0.05) is 19.3 Å². The van der Waals surface area contributed by atoms with Crippen molar-refractivity contribution in [2.45, 2.75) is 45.4 Å². The van der Waals surface area contributed by atoms with Crippen molar-refractivity contribution in [2.24, 2.45) is 4.99 Å². The van der Waals surface area contributed by atoms with Crippen LogP contribution < -0.4 is 10.6 Å². The van der Waals surface area contributed by atoms with Gasteiger partial charge < -0.3 is 20.3 Å². The maximum Gasteiger partial charge on any atom is 0.191 e. The molecule has 0 rings (SSSR count). The van der Waals surface area contributed by atoms with E-state index in [9.17, 15) is 0 Å². The molecule has 2 N–H and O–H groups in total. The van der Waals surface area contributed by atoms with Crippen LogP contribution >= 0.6 is 0 Å². The van der Waals surface area contributed by atoms with Crippen molar-refractivity contribution in [3.05, 3.63) is 0 Å². The minimum absolute atomic E-state index is 0.774. The monoisotopic (exact) mass is 300 g/mol. The lowest BCUT2D eigenvalue weighted by atomic mass is 10.1. The van der Waals surface area contributed by atoms with Crippen molar-refractivity contribution in [2.75, 3.05) is 54.0 Å². The largest absolute Gasteiger partial charge is 0.385 e. The lowest BCUT2D eigenvalue weighted by Crippen LogP contribution is -2.37. The standard InChI is InChI=1S/C16H36N4O/c1-5-17-16(19-13-11-15-21-4)18-12-9-7-6-8-10-14-20(2)3/h5-15H2,1-4H3,(H2,17,18,19). The normalized spacial score (nSPS) is 12.0. The summed E-state index contributed by atoms with van der Waals surface area (Å²) in [5.74, 6) is 0.932. The fraction of sp³-hybridized carbons (Fsp3) is 0.938. The molecule has 0 aliphatic heterocycles. The summed E-state index contributed by atoms with van der Waals surface area (Å²) in [5, 5.41) is 6.67. The van der Waals surface area contributed by atoms with Crippen LogP contribution in [0.5, 0.6) is 0 Å². The lowest BCUT2D eigenvalue weighted by molar-refractivity contribution is 0.197. The van der Waals surface area contributed by atoms with Crippen LogP contribution in [-0.2, 0) is 4.74 Å². The van der Waals surface area contributed by atoms with Gasteiger partial charge in [-0.3, -0.25) is 4.99 Å². The molecular formula is C16H36N4O. The molecule has 0 spiro atoms. The number of ether oxygens (including phenoxy) is 1. The van der Waals surface area contributed by atoms with Crippen molar-refractivity contribution >= 4 is 5.96 Å². The average Bonchev–Trinajstić information content (AvgIpc) is 2.45. The zero-order valence-corrected chi connectivity index (χ0v) is 14.6. The first-order valence-electron chi connectivity index (χ1n) is 8.36. The molecule has 0 heterocycles. The van der Waals surface area contributed by atoms with Crippen molar-refractivity contribution < 1.29 is 4.74 Å². The van der Waals surface area contributed by atoms with Crippen LogP contribution in [0, 0.1) is 0 Å². The van der Waals surface area contributed by atoms with Gasteiger partial charge in [-0.2, -0.15) is 0 Å². The summed E-state index contributed by atoms with van der Waals surface area (Å²) in [6.45, 7) is 6.79. The highest BCUT2D eigenvalue weighted by molar-refractivity contribution is 5.79. The molecule has 0 fully saturated rings. The molecule has 0 radical (unpaired) electrons. The molecule has 0 atom stereocenters. The molecule has 0 aromatic heterocycles. The van der Waals surface area contributed by atoms with Crippen LogP contribution in [0.25, 0.3) is 0 Å². The van der Waals surface area contributed by atoms with Gasteiger partial charge >= 0.3 is 0 Å². The first-order chi connectivity index (χ1) is 10.2. The van der Waals surface area contributed by atoms with Gasteiger partial charge in [-0.15, -0.1) is 0 Å². The van der Waals surface area contributed by atoms with Crippen LogP contribution in [0.3, 0.4) is 0 Å². The van der Waals surface area contributed by atoms with E-state index in [1.807, 2.05) is 0 Å². The summed E-state index contributed by atoms with van der Waals surface area (Å²) >= 11 is 0. The minimum Gasteiger partial charge on any atom is -0.385 e. The first-order valence-corrected chi connectivity index (χ1v) is 8.36. The Kier molecular flexibility index (Phi) is 15.0. The zero-order valence-electron chi connectivity index (χ0n) is 14.6. The number of unbranched alkanes of at least 4 members (excludes halogenated alkanes) is 4. The Morgan fingerprint density at radius 3 is 2.38 bits per heavy atom. The van der Waals surface area contributed by atoms with Crippen molar-refractivity contribution in [1.29, 1.82) is 0 Å². The summed E-state index contributed by atoms with van der Waals surface area (Å²) in [4.78, 5) is 6.78. The van der Waals surface area contributed by atoms with Crippen molar-refractivity contribution in [3.63, 3.8) is 0 Å². The molecule has 0 saturated heterocycles. The number of rotatable bonds is 13. The molecule has 0 aliphatic carbocycles. The highest BCUT2D eigenvalue weighted by Gasteiger charge is 1.97. The highest BCUT2D eigenvalue weighted by atomic mass is 16.5. The van der Waals surface area contributed by atoms with Crippen LogP contribution in [0.1, 0.15) is 45.4 Å². The van der Waals surface area contributed by atoms with E-state index in [-0.39, 0.29) is 0 Å². The second kappa shape index (κ2) is 15.6. The predicted octanol–water partition coefficient (Wildman–Crippen LogP) is 2.09. The van der Waals surface area contributed by atoms with Crippen LogP contribution in [0.2, 0.25) is 0 Å². The summed E-state index contributed by atoms with van der Waals surface area (Å²) in [6, 6.07) is 0. The number of guanidine groups is 1.